The standard InChI is InChI=1S/C10H16N2O3/c1-2-7-15-10(14)8-9(13)12-5-3-11-4-6-12/h2,11H,1,3-8H2. The van der Waals surface area contributed by atoms with Crippen LogP contribution in [0.2, 0.25) is 0 Å². The zero-order valence-electron chi connectivity index (χ0n) is 8.70. The molecule has 0 atom stereocenters. The SMILES string of the molecule is C=CCOC(=O)CC(=O)N1CCNCC1. The van der Waals surface area contributed by atoms with Crippen molar-refractivity contribution in [1.82, 2.24) is 10.2 Å². The summed E-state index contributed by atoms with van der Waals surface area (Å²) in [6.45, 7) is 6.47. The smallest absolute Gasteiger partial charge is 0.315 e. The van der Waals surface area contributed by atoms with E-state index >= 15 is 0 Å². The van der Waals surface area contributed by atoms with Crippen molar-refractivity contribution >= 4 is 11.9 Å². The Morgan fingerprint density at radius 2 is 2.07 bits per heavy atom. The number of amides is 1. The zero-order valence-corrected chi connectivity index (χ0v) is 8.70. The molecule has 1 saturated heterocycles. The van der Waals surface area contributed by atoms with Gasteiger partial charge in [-0.15, -0.1) is 0 Å². The van der Waals surface area contributed by atoms with E-state index in [1.165, 1.54) is 6.08 Å². The minimum atomic E-state index is -0.488. The molecule has 0 aromatic heterocycles. The minimum absolute atomic E-state index is 0.160. The van der Waals surface area contributed by atoms with E-state index < -0.39 is 5.97 Å². The molecule has 1 fully saturated rings. The van der Waals surface area contributed by atoms with E-state index in [1.54, 1.807) is 4.90 Å². The normalized spacial score (nSPS) is 15.9. The number of esters is 1. The molecule has 0 aromatic carbocycles. The maximum Gasteiger partial charge on any atom is 0.315 e. The second-order valence-corrected chi connectivity index (χ2v) is 3.28. The third kappa shape index (κ3) is 4.12. The van der Waals surface area contributed by atoms with Crippen molar-refractivity contribution in [3.05, 3.63) is 12.7 Å². The molecule has 5 heteroatoms. The number of piperazine rings is 1. The lowest BCUT2D eigenvalue weighted by molar-refractivity contribution is -0.148. The number of carbonyl (C=O) groups excluding carboxylic acids is 2. The van der Waals surface area contributed by atoms with Crippen LogP contribution < -0.4 is 5.32 Å². The largest absolute Gasteiger partial charge is 0.461 e. The summed E-state index contributed by atoms with van der Waals surface area (Å²) in [5, 5.41) is 3.13. The van der Waals surface area contributed by atoms with Gasteiger partial charge in [0.25, 0.3) is 0 Å². The van der Waals surface area contributed by atoms with Gasteiger partial charge in [0.2, 0.25) is 5.91 Å². The van der Waals surface area contributed by atoms with Gasteiger partial charge in [-0.3, -0.25) is 9.59 Å². The molecule has 0 radical (unpaired) electrons. The highest BCUT2D eigenvalue weighted by atomic mass is 16.5. The lowest BCUT2D eigenvalue weighted by atomic mass is 10.3. The molecule has 1 N–H and O–H groups in total. The van der Waals surface area contributed by atoms with E-state index in [1.807, 2.05) is 0 Å². The lowest BCUT2D eigenvalue weighted by Gasteiger charge is -2.27. The molecule has 0 spiro atoms. The van der Waals surface area contributed by atoms with Gasteiger partial charge in [0, 0.05) is 26.2 Å². The van der Waals surface area contributed by atoms with Crippen molar-refractivity contribution in [2.45, 2.75) is 6.42 Å². The van der Waals surface area contributed by atoms with Crippen LogP contribution in [0, 0.1) is 0 Å². The molecule has 0 saturated carbocycles. The summed E-state index contributed by atoms with van der Waals surface area (Å²) in [5.74, 6) is -0.649. The first-order valence-corrected chi connectivity index (χ1v) is 4.99. The molecular weight excluding hydrogens is 196 g/mol. The van der Waals surface area contributed by atoms with Gasteiger partial charge in [-0.1, -0.05) is 12.7 Å². The van der Waals surface area contributed by atoms with E-state index in [2.05, 4.69) is 11.9 Å². The quantitative estimate of drug-likeness (QED) is 0.389. The van der Waals surface area contributed by atoms with Crippen molar-refractivity contribution in [2.24, 2.45) is 0 Å². The van der Waals surface area contributed by atoms with Crippen LogP contribution in [0.3, 0.4) is 0 Å². The molecule has 1 aliphatic rings. The Morgan fingerprint density at radius 3 is 2.67 bits per heavy atom. The van der Waals surface area contributed by atoms with Crippen LogP contribution in [-0.2, 0) is 14.3 Å². The van der Waals surface area contributed by atoms with Crippen LogP contribution in [0.25, 0.3) is 0 Å². The van der Waals surface area contributed by atoms with Crippen LogP contribution in [0.15, 0.2) is 12.7 Å². The fourth-order valence-corrected chi connectivity index (χ4v) is 1.35. The number of carbonyl (C=O) groups is 2. The van der Waals surface area contributed by atoms with Crippen molar-refractivity contribution in [1.29, 1.82) is 0 Å². The molecule has 0 unspecified atom stereocenters. The highest BCUT2D eigenvalue weighted by Crippen LogP contribution is 1.98. The number of nitrogens with zero attached hydrogens (tertiary/aromatic N) is 1. The second kappa shape index (κ2) is 6.19. The second-order valence-electron chi connectivity index (χ2n) is 3.28. The van der Waals surface area contributed by atoms with Crippen molar-refractivity contribution in [3.63, 3.8) is 0 Å². The molecule has 0 bridgehead atoms. The summed E-state index contributed by atoms with van der Waals surface area (Å²) < 4.78 is 4.73. The van der Waals surface area contributed by atoms with Crippen LogP contribution in [0.4, 0.5) is 0 Å². The summed E-state index contributed by atoms with van der Waals surface area (Å²) in [6, 6.07) is 0. The Bertz CT molecular complexity index is 247. The Hall–Kier alpha value is -1.36. The number of ether oxygens (including phenoxy) is 1. The van der Waals surface area contributed by atoms with Gasteiger partial charge in [-0.25, -0.2) is 0 Å². The number of hydrogen-bond acceptors (Lipinski definition) is 4. The maximum atomic E-state index is 11.5. The number of rotatable bonds is 4. The average Bonchev–Trinajstić information content (AvgIpc) is 2.27. The van der Waals surface area contributed by atoms with Crippen molar-refractivity contribution in [3.8, 4) is 0 Å². The summed E-state index contributed by atoms with van der Waals surface area (Å²) in [6.07, 6.45) is 1.31. The molecule has 1 heterocycles. The first-order chi connectivity index (χ1) is 7.24. The summed E-state index contributed by atoms with van der Waals surface area (Å²) in [7, 11) is 0. The Kier molecular flexibility index (Phi) is 4.83. The minimum Gasteiger partial charge on any atom is -0.461 e. The van der Waals surface area contributed by atoms with E-state index in [0.29, 0.717) is 13.1 Å². The lowest BCUT2D eigenvalue weighted by Crippen LogP contribution is -2.46. The summed E-state index contributed by atoms with van der Waals surface area (Å²) in [4.78, 5) is 24.3. The monoisotopic (exact) mass is 212 g/mol. The highest BCUT2D eigenvalue weighted by molar-refractivity contribution is 5.94. The topological polar surface area (TPSA) is 58.6 Å². The van der Waals surface area contributed by atoms with Crippen molar-refractivity contribution in [2.75, 3.05) is 32.8 Å². The average molecular weight is 212 g/mol. The van der Waals surface area contributed by atoms with Gasteiger partial charge < -0.3 is 15.0 Å². The van der Waals surface area contributed by atoms with E-state index in [0.717, 1.165) is 13.1 Å². The predicted molar refractivity (Wildman–Crippen MR) is 55.2 cm³/mol. The number of nitrogens with one attached hydrogen (secondary N) is 1. The Balaban J connectivity index is 2.27. The first-order valence-electron chi connectivity index (χ1n) is 4.99. The van der Waals surface area contributed by atoms with E-state index in [4.69, 9.17) is 4.74 Å². The Labute approximate surface area is 89.1 Å². The molecule has 1 aliphatic heterocycles. The first kappa shape index (κ1) is 11.7. The zero-order chi connectivity index (χ0) is 11.1. The molecular formula is C10H16N2O3. The van der Waals surface area contributed by atoms with Gasteiger partial charge in [0.05, 0.1) is 0 Å². The predicted octanol–water partition coefficient (Wildman–Crippen LogP) is -0.462. The summed E-state index contributed by atoms with van der Waals surface area (Å²) in [5.41, 5.74) is 0. The maximum absolute atomic E-state index is 11.5. The van der Waals surface area contributed by atoms with Gasteiger partial charge in [-0.2, -0.15) is 0 Å². The molecule has 1 rings (SSSR count). The van der Waals surface area contributed by atoms with Crippen LogP contribution >= 0.6 is 0 Å². The van der Waals surface area contributed by atoms with Crippen molar-refractivity contribution < 1.29 is 14.3 Å². The van der Waals surface area contributed by atoms with Crippen LogP contribution in [0.1, 0.15) is 6.42 Å². The highest BCUT2D eigenvalue weighted by Gasteiger charge is 2.19. The van der Waals surface area contributed by atoms with E-state index in [9.17, 15) is 9.59 Å². The number of hydrogen-bond donors (Lipinski definition) is 1. The molecule has 5 nitrogen and oxygen atoms in total. The molecule has 0 aliphatic carbocycles. The summed E-state index contributed by atoms with van der Waals surface area (Å²) >= 11 is 0. The van der Waals surface area contributed by atoms with Gasteiger partial charge in [0.15, 0.2) is 0 Å². The molecule has 1 amide bonds. The molecule has 0 aromatic rings. The van der Waals surface area contributed by atoms with E-state index in [-0.39, 0.29) is 18.9 Å². The third-order valence-electron chi connectivity index (χ3n) is 2.13. The molecule has 84 valence electrons. The van der Waals surface area contributed by atoms with Crippen LogP contribution in [-0.4, -0.2) is 49.6 Å². The third-order valence-corrected chi connectivity index (χ3v) is 2.13. The molecule has 15 heavy (non-hydrogen) atoms. The van der Waals surface area contributed by atoms with Crippen LogP contribution in [0.5, 0.6) is 0 Å². The van der Waals surface area contributed by atoms with Gasteiger partial charge >= 0.3 is 5.97 Å². The van der Waals surface area contributed by atoms with Gasteiger partial charge in [-0.05, 0) is 0 Å². The fourth-order valence-electron chi connectivity index (χ4n) is 1.35. The van der Waals surface area contributed by atoms with Gasteiger partial charge in [0.1, 0.15) is 13.0 Å². The fraction of sp³-hybridized carbons (Fsp3) is 0.600. The Morgan fingerprint density at radius 1 is 1.40 bits per heavy atom.